The first-order valence-corrected chi connectivity index (χ1v) is 15.7. The van der Waals surface area contributed by atoms with Gasteiger partial charge in [0.25, 0.3) is 0 Å². The minimum absolute atomic E-state index is 0.621. The Hall–Kier alpha value is -6.66. The molecular formula is C42H28N6. The molecule has 0 fully saturated rings. The molecule has 4 heterocycles. The normalized spacial score (nSPS) is 10.9. The lowest BCUT2D eigenvalue weighted by atomic mass is 9.96. The Morgan fingerprint density at radius 1 is 0.292 bits per heavy atom. The van der Waals surface area contributed by atoms with Crippen molar-refractivity contribution >= 4 is 0 Å². The number of pyridine rings is 3. The number of nitrogens with zero attached hydrogens (tertiary/aromatic N) is 6. The van der Waals surface area contributed by atoms with Crippen LogP contribution in [0, 0.1) is 0 Å². The van der Waals surface area contributed by atoms with Gasteiger partial charge in [0.15, 0.2) is 17.5 Å². The highest BCUT2D eigenvalue weighted by atomic mass is 15.0. The number of rotatable bonds is 7. The molecular weight excluding hydrogens is 589 g/mol. The van der Waals surface area contributed by atoms with Crippen molar-refractivity contribution in [2.75, 3.05) is 0 Å². The van der Waals surface area contributed by atoms with Crippen molar-refractivity contribution in [3.63, 3.8) is 0 Å². The van der Waals surface area contributed by atoms with E-state index in [1.807, 2.05) is 97.2 Å². The van der Waals surface area contributed by atoms with E-state index in [4.69, 9.17) is 19.9 Å². The maximum atomic E-state index is 4.96. The van der Waals surface area contributed by atoms with Gasteiger partial charge in [-0.3, -0.25) is 9.97 Å². The Labute approximate surface area is 278 Å². The summed E-state index contributed by atoms with van der Waals surface area (Å²) in [7, 11) is 0. The first kappa shape index (κ1) is 28.8. The largest absolute Gasteiger partial charge is 0.264 e. The standard InChI is InChI=1S/C42H28N6/c1-3-12-29(13-4-1)40-46-41(30-14-5-2-6-15-30)48-42(47-40)34-19-10-17-32(25-34)31-16-9-18-33(24-31)36-26-38(35-20-11-22-43-28-35)45-39(27-36)37-21-7-8-23-44-37/h1-28H. The number of hydrogen-bond acceptors (Lipinski definition) is 6. The lowest BCUT2D eigenvalue weighted by Crippen LogP contribution is -2.00. The molecule has 0 bridgehead atoms. The minimum Gasteiger partial charge on any atom is -0.264 e. The number of benzene rings is 4. The molecule has 8 rings (SSSR count). The predicted molar refractivity (Wildman–Crippen MR) is 191 cm³/mol. The second-order valence-electron chi connectivity index (χ2n) is 11.3. The predicted octanol–water partition coefficient (Wildman–Crippen LogP) is 9.73. The quantitative estimate of drug-likeness (QED) is 0.177. The third kappa shape index (κ3) is 6.10. The van der Waals surface area contributed by atoms with Crippen molar-refractivity contribution in [3.05, 3.63) is 170 Å². The van der Waals surface area contributed by atoms with Crippen molar-refractivity contribution < 1.29 is 0 Å². The maximum absolute atomic E-state index is 4.96. The summed E-state index contributed by atoms with van der Waals surface area (Å²) in [5.74, 6) is 1.89. The van der Waals surface area contributed by atoms with Gasteiger partial charge in [0.1, 0.15) is 0 Å². The van der Waals surface area contributed by atoms with E-state index in [-0.39, 0.29) is 0 Å². The molecule has 6 heteroatoms. The zero-order chi connectivity index (χ0) is 32.1. The Morgan fingerprint density at radius 3 is 1.42 bits per heavy atom. The van der Waals surface area contributed by atoms with E-state index >= 15 is 0 Å². The molecule has 0 aliphatic heterocycles. The first-order chi connectivity index (χ1) is 23.8. The molecule has 0 amide bonds. The van der Waals surface area contributed by atoms with E-state index in [9.17, 15) is 0 Å². The molecule has 0 N–H and O–H groups in total. The molecule has 0 atom stereocenters. The van der Waals surface area contributed by atoms with Crippen molar-refractivity contribution in [1.82, 2.24) is 29.9 Å². The number of aromatic nitrogens is 6. The molecule has 226 valence electrons. The maximum Gasteiger partial charge on any atom is 0.164 e. The van der Waals surface area contributed by atoms with Gasteiger partial charge in [-0.05, 0) is 70.8 Å². The summed E-state index contributed by atoms with van der Waals surface area (Å²) in [6.07, 6.45) is 5.40. The van der Waals surface area contributed by atoms with Crippen LogP contribution in [0.4, 0.5) is 0 Å². The zero-order valence-electron chi connectivity index (χ0n) is 25.8. The van der Waals surface area contributed by atoms with Gasteiger partial charge >= 0.3 is 0 Å². The topological polar surface area (TPSA) is 77.3 Å². The summed E-state index contributed by atoms with van der Waals surface area (Å²) in [5, 5.41) is 0. The van der Waals surface area contributed by atoms with E-state index in [2.05, 4.69) is 70.6 Å². The van der Waals surface area contributed by atoms with Crippen LogP contribution in [-0.2, 0) is 0 Å². The lowest BCUT2D eigenvalue weighted by molar-refractivity contribution is 1.07. The van der Waals surface area contributed by atoms with Gasteiger partial charge < -0.3 is 0 Å². The molecule has 4 aromatic heterocycles. The highest BCUT2D eigenvalue weighted by molar-refractivity contribution is 5.80. The molecule has 48 heavy (non-hydrogen) atoms. The molecule has 0 unspecified atom stereocenters. The average Bonchev–Trinajstić information content (AvgIpc) is 3.19. The van der Waals surface area contributed by atoms with E-state index in [0.29, 0.717) is 17.5 Å². The van der Waals surface area contributed by atoms with Crippen LogP contribution in [0.2, 0.25) is 0 Å². The van der Waals surface area contributed by atoms with Gasteiger partial charge in [-0.1, -0.05) is 103 Å². The Balaban J connectivity index is 1.21. The van der Waals surface area contributed by atoms with E-state index < -0.39 is 0 Å². The van der Waals surface area contributed by atoms with Gasteiger partial charge in [0.2, 0.25) is 0 Å². The summed E-state index contributed by atoms with van der Waals surface area (Å²) in [6, 6.07) is 51.0. The van der Waals surface area contributed by atoms with E-state index in [1.54, 1.807) is 12.4 Å². The summed E-state index contributed by atoms with van der Waals surface area (Å²) in [4.78, 5) is 28.6. The van der Waals surface area contributed by atoms with Gasteiger partial charge in [-0.15, -0.1) is 0 Å². The van der Waals surface area contributed by atoms with Crippen LogP contribution in [0.1, 0.15) is 0 Å². The molecule has 6 nitrogen and oxygen atoms in total. The molecule has 0 aliphatic carbocycles. The summed E-state index contributed by atoms with van der Waals surface area (Å²) < 4.78 is 0. The summed E-state index contributed by atoms with van der Waals surface area (Å²) >= 11 is 0. The summed E-state index contributed by atoms with van der Waals surface area (Å²) in [6.45, 7) is 0. The Bertz CT molecular complexity index is 2040. The van der Waals surface area contributed by atoms with E-state index in [1.165, 1.54) is 0 Å². The first-order valence-electron chi connectivity index (χ1n) is 15.7. The molecule has 0 aliphatic rings. The zero-order valence-corrected chi connectivity index (χ0v) is 25.8. The van der Waals surface area contributed by atoms with Crippen molar-refractivity contribution in [2.45, 2.75) is 0 Å². The molecule has 0 saturated heterocycles. The smallest absolute Gasteiger partial charge is 0.164 e. The average molecular weight is 617 g/mol. The molecule has 0 saturated carbocycles. The molecule has 8 aromatic rings. The lowest BCUT2D eigenvalue weighted by Gasteiger charge is -2.12. The van der Waals surface area contributed by atoms with Crippen LogP contribution in [0.5, 0.6) is 0 Å². The fraction of sp³-hybridized carbons (Fsp3) is 0. The highest BCUT2D eigenvalue weighted by Gasteiger charge is 2.14. The van der Waals surface area contributed by atoms with Crippen LogP contribution >= 0.6 is 0 Å². The molecule has 0 radical (unpaired) electrons. The second kappa shape index (κ2) is 13.0. The molecule has 0 spiro atoms. The minimum atomic E-state index is 0.621. The van der Waals surface area contributed by atoms with Crippen LogP contribution < -0.4 is 0 Å². The monoisotopic (exact) mass is 616 g/mol. The second-order valence-corrected chi connectivity index (χ2v) is 11.3. The SMILES string of the molecule is c1ccc(-c2nc(-c3ccccc3)nc(-c3cccc(-c4cccc(-c5cc(-c6cccnc6)nc(-c6ccccn6)c5)c4)c3)n2)cc1. The van der Waals surface area contributed by atoms with Crippen LogP contribution in [0.3, 0.4) is 0 Å². The van der Waals surface area contributed by atoms with Crippen molar-refractivity contribution in [3.8, 4) is 79.1 Å². The Kier molecular flexibility index (Phi) is 7.79. The van der Waals surface area contributed by atoms with Gasteiger partial charge in [-0.25, -0.2) is 19.9 Å². The van der Waals surface area contributed by atoms with Crippen molar-refractivity contribution in [2.24, 2.45) is 0 Å². The van der Waals surface area contributed by atoms with Gasteiger partial charge in [0, 0.05) is 40.8 Å². The number of hydrogen-bond donors (Lipinski definition) is 0. The third-order valence-electron chi connectivity index (χ3n) is 8.06. The van der Waals surface area contributed by atoms with Crippen LogP contribution in [-0.4, -0.2) is 29.9 Å². The van der Waals surface area contributed by atoms with Gasteiger partial charge in [-0.2, -0.15) is 0 Å². The molecule has 4 aromatic carbocycles. The van der Waals surface area contributed by atoms with Crippen LogP contribution in [0.25, 0.3) is 79.1 Å². The third-order valence-corrected chi connectivity index (χ3v) is 8.06. The van der Waals surface area contributed by atoms with Crippen molar-refractivity contribution in [1.29, 1.82) is 0 Å². The highest BCUT2D eigenvalue weighted by Crippen LogP contribution is 2.33. The summed E-state index contributed by atoms with van der Waals surface area (Å²) in [5.41, 5.74) is 10.4. The van der Waals surface area contributed by atoms with E-state index in [0.717, 1.165) is 61.6 Å². The van der Waals surface area contributed by atoms with Gasteiger partial charge in [0.05, 0.1) is 17.1 Å². The van der Waals surface area contributed by atoms with Crippen LogP contribution in [0.15, 0.2) is 170 Å². The fourth-order valence-corrected chi connectivity index (χ4v) is 5.66. The Morgan fingerprint density at radius 2 is 0.812 bits per heavy atom. The fourth-order valence-electron chi connectivity index (χ4n) is 5.66.